The SMILES string of the molecule is Cc1c(-c2cc3cc(OCc4coc(-c5ccccc5)n4)ccc3o2)oc(=O)c(C)c1O. The van der Waals surface area contributed by atoms with Crippen LogP contribution in [0.5, 0.6) is 11.5 Å². The Bertz CT molecular complexity index is 1480. The van der Waals surface area contributed by atoms with Crippen molar-refractivity contribution in [2.75, 3.05) is 0 Å². The van der Waals surface area contributed by atoms with E-state index in [9.17, 15) is 9.90 Å². The molecule has 0 bridgehead atoms. The number of benzene rings is 2. The van der Waals surface area contributed by atoms with Crippen molar-refractivity contribution in [3.63, 3.8) is 0 Å². The molecule has 1 N–H and O–H groups in total. The largest absolute Gasteiger partial charge is 0.507 e. The molecule has 2 aromatic carbocycles. The molecule has 32 heavy (non-hydrogen) atoms. The Labute approximate surface area is 182 Å². The normalized spacial score (nSPS) is 11.2. The Kier molecular flexibility index (Phi) is 4.78. The maximum absolute atomic E-state index is 12.0. The van der Waals surface area contributed by atoms with Crippen molar-refractivity contribution in [3.05, 3.63) is 88.1 Å². The zero-order valence-corrected chi connectivity index (χ0v) is 17.4. The van der Waals surface area contributed by atoms with Gasteiger partial charge in [-0.15, -0.1) is 0 Å². The lowest BCUT2D eigenvalue weighted by molar-refractivity contribution is 0.301. The van der Waals surface area contributed by atoms with Crippen LogP contribution in [-0.4, -0.2) is 10.1 Å². The molecular weight excluding hydrogens is 410 g/mol. The summed E-state index contributed by atoms with van der Waals surface area (Å²) < 4.78 is 22.6. The van der Waals surface area contributed by atoms with E-state index in [0.29, 0.717) is 34.2 Å². The van der Waals surface area contributed by atoms with Gasteiger partial charge in [0.15, 0.2) is 11.5 Å². The van der Waals surface area contributed by atoms with Gasteiger partial charge in [-0.25, -0.2) is 9.78 Å². The van der Waals surface area contributed by atoms with Crippen LogP contribution >= 0.6 is 0 Å². The van der Waals surface area contributed by atoms with Gasteiger partial charge in [0.25, 0.3) is 0 Å². The van der Waals surface area contributed by atoms with Gasteiger partial charge in [0, 0.05) is 16.5 Å². The van der Waals surface area contributed by atoms with E-state index in [4.69, 9.17) is 18.0 Å². The van der Waals surface area contributed by atoms with Crippen LogP contribution < -0.4 is 10.4 Å². The monoisotopic (exact) mass is 429 g/mol. The van der Waals surface area contributed by atoms with Crippen molar-refractivity contribution in [3.8, 4) is 34.5 Å². The second kappa shape index (κ2) is 7.77. The molecule has 160 valence electrons. The molecule has 0 saturated carbocycles. The Morgan fingerprint density at radius 2 is 1.81 bits per heavy atom. The van der Waals surface area contributed by atoms with Gasteiger partial charge in [-0.05, 0) is 50.2 Å². The quantitative estimate of drug-likeness (QED) is 0.388. The topological polar surface area (TPSA) is 98.8 Å². The minimum absolute atomic E-state index is 0.0942. The van der Waals surface area contributed by atoms with Gasteiger partial charge in [-0.2, -0.15) is 0 Å². The minimum atomic E-state index is -0.602. The Balaban J connectivity index is 1.37. The van der Waals surface area contributed by atoms with Crippen LogP contribution in [-0.2, 0) is 6.61 Å². The number of rotatable bonds is 5. The minimum Gasteiger partial charge on any atom is -0.507 e. The first kappa shape index (κ1) is 19.7. The van der Waals surface area contributed by atoms with E-state index in [2.05, 4.69) is 4.98 Å². The second-order valence-corrected chi connectivity index (χ2v) is 7.43. The molecule has 0 radical (unpaired) electrons. The smallest absolute Gasteiger partial charge is 0.343 e. The molecule has 5 rings (SSSR count). The third-order valence-electron chi connectivity index (χ3n) is 5.22. The highest BCUT2D eigenvalue weighted by molar-refractivity contribution is 5.84. The third-order valence-corrected chi connectivity index (χ3v) is 5.22. The van der Waals surface area contributed by atoms with Crippen LogP contribution in [0.15, 0.2) is 78.9 Å². The third kappa shape index (κ3) is 3.54. The molecule has 0 spiro atoms. The summed E-state index contributed by atoms with van der Waals surface area (Å²) in [5.74, 6) is 1.62. The molecule has 3 heterocycles. The van der Waals surface area contributed by atoms with E-state index in [1.54, 1.807) is 31.4 Å². The number of aromatic nitrogens is 1. The van der Waals surface area contributed by atoms with Gasteiger partial charge in [-0.1, -0.05) is 18.2 Å². The Hall–Kier alpha value is -4.26. The van der Waals surface area contributed by atoms with Gasteiger partial charge in [0.1, 0.15) is 35.6 Å². The predicted octanol–water partition coefficient (Wildman–Crippen LogP) is 5.61. The highest BCUT2D eigenvalue weighted by Gasteiger charge is 2.18. The molecule has 0 amide bonds. The molecule has 0 atom stereocenters. The fourth-order valence-electron chi connectivity index (χ4n) is 3.43. The molecular formula is C25H19NO6. The number of fused-ring (bicyclic) bond motifs is 1. The molecule has 0 aliphatic rings. The average Bonchev–Trinajstić information content (AvgIpc) is 3.46. The molecule has 0 saturated heterocycles. The van der Waals surface area contributed by atoms with Crippen LogP contribution in [0, 0.1) is 13.8 Å². The van der Waals surface area contributed by atoms with E-state index >= 15 is 0 Å². The van der Waals surface area contributed by atoms with E-state index in [-0.39, 0.29) is 23.7 Å². The molecule has 7 heteroatoms. The second-order valence-electron chi connectivity index (χ2n) is 7.43. The zero-order chi connectivity index (χ0) is 22.2. The van der Waals surface area contributed by atoms with E-state index in [0.717, 1.165) is 10.9 Å². The predicted molar refractivity (Wildman–Crippen MR) is 118 cm³/mol. The average molecular weight is 429 g/mol. The number of ether oxygens (including phenoxy) is 1. The summed E-state index contributed by atoms with van der Waals surface area (Å²) in [7, 11) is 0. The summed E-state index contributed by atoms with van der Waals surface area (Å²) in [4.78, 5) is 16.4. The van der Waals surface area contributed by atoms with Crippen LogP contribution in [0.2, 0.25) is 0 Å². The molecule has 7 nitrogen and oxygen atoms in total. The molecule has 0 fully saturated rings. The summed E-state index contributed by atoms with van der Waals surface area (Å²) in [6, 6.07) is 16.8. The first-order valence-corrected chi connectivity index (χ1v) is 9.99. The summed E-state index contributed by atoms with van der Waals surface area (Å²) in [6.07, 6.45) is 1.57. The highest BCUT2D eigenvalue weighted by atomic mass is 16.5. The van der Waals surface area contributed by atoms with E-state index < -0.39 is 5.63 Å². The van der Waals surface area contributed by atoms with Crippen LogP contribution in [0.1, 0.15) is 16.8 Å². The van der Waals surface area contributed by atoms with Crippen molar-refractivity contribution in [1.29, 1.82) is 0 Å². The first-order chi connectivity index (χ1) is 15.5. The Morgan fingerprint density at radius 3 is 2.62 bits per heavy atom. The van der Waals surface area contributed by atoms with Crippen LogP contribution in [0.3, 0.4) is 0 Å². The van der Waals surface area contributed by atoms with Gasteiger partial charge >= 0.3 is 5.63 Å². The Morgan fingerprint density at radius 1 is 1.00 bits per heavy atom. The van der Waals surface area contributed by atoms with Crippen molar-refractivity contribution < 1.29 is 23.1 Å². The lowest BCUT2D eigenvalue weighted by Crippen LogP contribution is -2.05. The molecule has 0 aliphatic heterocycles. The summed E-state index contributed by atoms with van der Waals surface area (Å²) in [5.41, 5.74) is 2.18. The number of nitrogens with zero attached hydrogens (tertiary/aromatic N) is 1. The number of furan rings is 1. The molecule has 0 unspecified atom stereocenters. The maximum atomic E-state index is 12.0. The molecule has 5 aromatic rings. The van der Waals surface area contributed by atoms with E-state index in [1.807, 2.05) is 36.4 Å². The van der Waals surface area contributed by atoms with Crippen LogP contribution in [0.4, 0.5) is 0 Å². The number of hydrogen-bond acceptors (Lipinski definition) is 7. The standard InChI is InChI=1S/C25H19NO6/c1-14-22(27)15(2)25(28)32-23(14)21-11-17-10-19(8-9-20(17)31-21)29-12-18-13-30-24(26-18)16-6-4-3-5-7-16/h3-11,13,27H,12H2,1-2H3. The fraction of sp³-hybridized carbons (Fsp3) is 0.120. The molecule has 0 aliphatic carbocycles. The fourth-order valence-corrected chi connectivity index (χ4v) is 3.43. The van der Waals surface area contributed by atoms with Gasteiger partial charge in [-0.3, -0.25) is 0 Å². The highest BCUT2D eigenvalue weighted by Crippen LogP contribution is 2.34. The lowest BCUT2D eigenvalue weighted by atomic mass is 10.1. The number of oxazole rings is 1. The number of aromatic hydroxyl groups is 1. The summed E-state index contributed by atoms with van der Waals surface area (Å²) in [5, 5.41) is 10.9. The number of hydrogen-bond donors (Lipinski definition) is 1. The lowest BCUT2D eigenvalue weighted by Gasteiger charge is -2.05. The van der Waals surface area contributed by atoms with Crippen LogP contribution in [0.25, 0.3) is 33.9 Å². The van der Waals surface area contributed by atoms with E-state index in [1.165, 1.54) is 6.92 Å². The summed E-state index contributed by atoms with van der Waals surface area (Å²) >= 11 is 0. The maximum Gasteiger partial charge on any atom is 0.343 e. The van der Waals surface area contributed by atoms with Crippen molar-refractivity contribution in [2.45, 2.75) is 20.5 Å². The first-order valence-electron chi connectivity index (χ1n) is 9.99. The van der Waals surface area contributed by atoms with Crippen molar-refractivity contribution in [1.82, 2.24) is 4.98 Å². The summed E-state index contributed by atoms with van der Waals surface area (Å²) in [6.45, 7) is 3.42. The van der Waals surface area contributed by atoms with Crippen molar-refractivity contribution in [2.24, 2.45) is 0 Å². The zero-order valence-electron chi connectivity index (χ0n) is 17.4. The van der Waals surface area contributed by atoms with Gasteiger partial charge < -0.3 is 23.1 Å². The van der Waals surface area contributed by atoms with Crippen molar-refractivity contribution >= 4 is 11.0 Å². The van der Waals surface area contributed by atoms with Gasteiger partial charge in [0.2, 0.25) is 5.89 Å². The molecule has 3 aromatic heterocycles. The van der Waals surface area contributed by atoms with Gasteiger partial charge in [0.05, 0.1) is 5.56 Å².